The van der Waals surface area contributed by atoms with E-state index in [1.165, 1.54) is 0 Å². The lowest BCUT2D eigenvalue weighted by atomic mass is 10.2. The number of sulfonamides is 1. The van der Waals surface area contributed by atoms with Crippen LogP contribution in [0.5, 0.6) is 0 Å². The number of benzene rings is 1. The Morgan fingerprint density at radius 3 is 2.67 bits per heavy atom. The number of carbonyl (C=O) groups is 1. The Bertz CT molecular complexity index is 914. The van der Waals surface area contributed by atoms with Crippen LogP contribution in [0.15, 0.2) is 23.1 Å². The van der Waals surface area contributed by atoms with Crippen LogP contribution in [0.3, 0.4) is 0 Å². The van der Waals surface area contributed by atoms with Crippen LogP contribution in [0.25, 0.3) is 11.0 Å². The molecule has 1 aliphatic rings. The van der Waals surface area contributed by atoms with Gasteiger partial charge in [-0.2, -0.15) is 4.31 Å². The number of aromatic nitrogens is 2. The van der Waals surface area contributed by atoms with Crippen LogP contribution in [-0.4, -0.2) is 47.8 Å². The molecule has 1 aliphatic heterocycles. The van der Waals surface area contributed by atoms with Crippen LogP contribution < -0.4 is 5.32 Å². The zero-order chi connectivity index (χ0) is 19.4. The van der Waals surface area contributed by atoms with E-state index in [2.05, 4.69) is 10.3 Å². The van der Waals surface area contributed by atoms with Gasteiger partial charge in [0.1, 0.15) is 5.82 Å². The maximum absolute atomic E-state index is 12.9. The number of carbonyl (C=O) groups excluding carboxylic acids is 1. The first-order valence-electron chi connectivity index (χ1n) is 9.65. The minimum atomic E-state index is -3.47. The van der Waals surface area contributed by atoms with Gasteiger partial charge in [-0.05, 0) is 37.5 Å². The Morgan fingerprint density at radius 2 is 1.96 bits per heavy atom. The highest BCUT2D eigenvalue weighted by molar-refractivity contribution is 7.89. The average Bonchev–Trinajstić information content (AvgIpc) is 3.00. The number of aryl methyl sites for hydroxylation is 2. The van der Waals surface area contributed by atoms with Gasteiger partial charge in [0, 0.05) is 39.5 Å². The van der Waals surface area contributed by atoms with Crippen molar-refractivity contribution < 1.29 is 13.2 Å². The van der Waals surface area contributed by atoms with Gasteiger partial charge in [-0.3, -0.25) is 4.79 Å². The van der Waals surface area contributed by atoms with Crippen molar-refractivity contribution in [1.82, 2.24) is 19.2 Å². The molecule has 2 heterocycles. The first-order chi connectivity index (χ1) is 12.9. The Kier molecular flexibility index (Phi) is 6.16. The minimum Gasteiger partial charge on any atom is -0.356 e. The van der Waals surface area contributed by atoms with Gasteiger partial charge >= 0.3 is 0 Å². The summed E-state index contributed by atoms with van der Waals surface area (Å²) < 4.78 is 29.3. The van der Waals surface area contributed by atoms with Gasteiger partial charge in [-0.1, -0.05) is 13.3 Å². The second-order valence-electron chi connectivity index (χ2n) is 7.05. The Labute approximate surface area is 160 Å². The van der Waals surface area contributed by atoms with Crippen LogP contribution in [0.1, 0.15) is 44.9 Å². The van der Waals surface area contributed by atoms with Crippen molar-refractivity contribution in [1.29, 1.82) is 0 Å². The normalized spacial score (nSPS) is 15.9. The van der Waals surface area contributed by atoms with Crippen molar-refractivity contribution >= 4 is 27.0 Å². The van der Waals surface area contributed by atoms with Gasteiger partial charge in [0.15, 0.2) is 0 Å². The number of amides is 1. The number of nitrogens with zero attached hydrogens (tertiary/aromatic N) is 3. The van der Waals surface area contributed by atoms with Crippen molar-refractivity contribution in [2.75, 3.05) is 19.6 Å². The zero-order valence-corrected chi connectivity index (χ0v) is 16.9. The van der Waals surface area contributed by atoms with Gasteiger partial charge in [0.05, 0.1) is 15.9 Å². The summed E-state index contributed by atoms with van der Waals surface area (Å²) in [5.41, 5.74) is 1.52. The Morgan fingerprint density at radius 1 is 1.22 bits per heavy atom. The molecule has 1 aromatic carbocycles. The second kappa shape index (κ2) is 8.39. The predicted octanol–water partition coefficient (Wildman–Crippen LogP) is 2.21. The summed E-state index contributed by atoms with van der Waals surface area (Å²) >= 11 is 0. The summed E-state index contributed by atoms with van der Waals surface area (Å²) in [6, 6.07) is 5.12. The Hall–Kier alpha value is -1.93. The van der Waals surface area contributed by atoms with Gasteiger partial charge < -0.3 is 9.88 Å². The van der Waals surface area contributed by atoms with Gasteiger partial charge in [-0.25, -0.2) is 13.4 Å². The highest BCUT2D eigenvalue weighted by Gasteiger charge is 2.26. The highest BCUT2D eigenvalue weighted by atomic mass is 32.2. The third-order valence-corrected chi connectivity index (χ3v) is 6.94. The van der Waals surface area contributed by atoms with Crippen molar-refractivity contribution in [3.8, 4) is 0 Å². The average molecular weight is 393 g/mol. The van der Waals surface area contributed by atoms with E-state index in [9.17, 15) is 13.2 Å². The third-order valence-electron chi connectivity index (χ3n) is 5.05. The quantitative estimate of drug-likeness (QED) is 0.783. The molecule has 3 rings (SSSR count). The lowest BCUT2D eigenvalue weighted by Crippen LogP contribution is -2.35. The maximum Gasteiger partial charge on any atom is 0.243 e. The fourth-order valence-electron chi connectivity index (χ4n) is 3.45. The molecule has 0 bridgehead atoms. The molecule has 0 radical (unpaired) electrons. The molecule has 0 atom stereocenters. The lowest BCUT2D eigenvalue weighted by molar-refractivity contribution is -0.121. The molecular formula is C19H28N4O3S. The summed E-state index contributed by atoms with van der Waals surface area (Å²) in [6.45, 7) is 3.86. The number of fused-ring (bicyclic) bond motifs is 1. The summed E-state index contributed by atoms with van der Waals surface area (Å²) in [4.78, 5) is 16.7. The van der Waals surface area contributed by atoms with E-state index in [1.54, 1.807) is 22.5 Å². The molecule has 27 heavy (non-hydrogen) atoms. The van der Waals surface area contributed by atoms with Gasteiger partial charge in [0.2, 0.25) is 15.9 Å². The number of piperidine rings is 1. The van der Waals surface area contributed by atoms with Gasteiger partial charge in [-0.15, -0.1) is 0 Å². The lowest BCUT2D eigenvalue weighted by Gasteiger charge is -2.25. The van der Waals surface area contributed by atoms with E-state index in [0.29, 0.717) is 42.9 Å². The molecule has 0 unspecified atom stereocenters. The van der Waals surface area contributed by atoms with E-state index in [0.717, 1.165) is 37.0 Å². The van der Waals surface area contributed by atoms with Crippen LogP contribution >= 0.6 is 0 Å². The summed E-state index contributed by atoms with van der Waals surface area (Å²) in [5, 5.41) is 2.86. The molecule has 7 nitrogen and oxygen atoms in total. The minimum absolute atomic E-state index is 0.0114. The van der Waals surface area contributed by atoms with Crippen LogP contribution in [0.2, 0.25) is 0 Å². The summed E-state index contributed by atoms with van der Waals surface area (Å²) in [5.74, 6) is 0.793. The summed E-state index contributed by atoms with van der Waals surface area (Å²) in [6.07, 6.45) is 4.71. The fraction of sp³-hybridized carbons (Fsp3) is 0.579. The molecule has 148 valence electrons. The second-order valence-corrected chi connectivity index (χ2v) is 8.99. The molecular weight excluding hydrogens is 364 g/mol. The SMILES string of the molecule is CCCNC(=O)CCc1nc2cc(S(=O)(=O)N3CCCCC3)ccc2n1C. The molecule has 1 N–H and O–H groups in total. The van der Waals surface area contributed by atoms with Crippen molar-refractivity contribution in [2.24, 2.45) is 7.05 Å². The molecule has 0 aliphatic carbocycles. The largest absolute Gasteiger partial charge is 0.356 e. The number of nitrogens with one attached hydrogen (secondary N) is 1. The number of imidazole rings is 1. The van der Waals surface area contributed by atoms with E-state index >= 15 is 0 Å². The summed E-state index contributed by atoms with van der Waals surface area (Å²) in [7, 11) is -1.58. The number of rotatable bonds is 7. The Balaban J connectivity index is 1.80. The number of hydrogen-bond donors (Lipinski definition) is 1. The third kappa shape index (κ3) is 4.32. The van der Waals surface area contributed by atoms with Crippen LogP contribution in [0.4, 0.5) is 0 Å². The molecule has 0 spiro atoms. The van der Waals surface area contributed by atoms with Crippen LogP contribution in [0, 0.1) is 0 Å². The smallest absolute Gasteiger partial charge is 0.243 e. The molecule has 2 aromatic rings. The predicted molar refractivity (Wildman–Crippen MR) is 105 cm³/mol. The molecule has 0 saturated carbocycles. The molecule has 1 fully saturated rings. The van der Waals surface area contributed by atoms with Crippen molar-refractivity contribution in [3.05, 3.63) is 24.0 Å². The van der Waals surface area contributed by atoms with E-state index in [4.69, 9.17) is 0 Å². The topological polar surface area (TPSA) is 84.3 Å². The fourth-order valence-corrected chi connectivity index (χ4v) is 4.98. The zero-order valence-electron chi connectivity index (χ0n) is 16.1. The standard InChI is InChI=1S/C19H28N4O3S/c1-3-11-20-19(24)10-9-18-21-16-14-15(7-8-17(16)22(18)2)27(25,26)23-12-5-4-6-13-23/h7-8,14H,3-6,9-13H2,1-2H3,(H,20,24). The molecule has 1 amide bonds. The first-order valence-corrected chi connectivity index (χ1v) is 11.1. The monoisotopic (exact) mass is 392 g/mol. The molecule has 1 aromatic heterocycles. The van der Waals surface area contributed by atoms with Crippen molar-refractivity contribution in [2.45, 2.75) is 50.3 Å². The van der Waals surface area contributed by atoms with E-state index in [1.807, 2.05) is 18.5 Å². The number of hydrogen-bond acceptors (Lipinski definition) is 4. The highest BCUT2D eigenvalue weighted by Crippen LogP contribution is 2.24. The molecule has 8 heteroatoms. The first kappa shape index (κ1) is 19.8. The molecule has 1 saturated heterocycles. The van der Waals surface area contributed by atoms with Crippen LogP contribution in [-0.2, 0) is 28.3 Å². The van der Waals surface area contributed by atoms with Crippen molar-refractivity contribution in [3.63, 3.8) is 0 Å². The van der Waals surface area contributed by atoms with E-state index in [-0.39, 0.29) is 5.91 Å². The van der Waals surface area contributed by atoms with E-state index < -0.39 is 10.0 Å². The van der Waals surface area contributed by atoms with Gasteiger partial charge in [0.25, 0.3) is 0 Å². The maximum atomic E-state index is 12.9.